The summed E-state index contributed by atoms with van der Waals surface area (Å²) < 4.78 is 6.97. The van der Waals surface area contributed by atoms with Crippen LogP contribution in [-0.4, -0.2) is 28.0 Å². The van der Waals surface area contributed by atoms with Crippen LogP contribution in [0, 0.1) is 0 Å². The van der Waals surface area contributed by atoms with Crippen LogP contribution in [-0.2, 0) is 7.05 Å². The number of ether oxygens (including phenoxy) is 1. The van der Waals surface area contributed by atoms with Gasteiger partial charge >= 0.3 is 5.97 Å². The second-order valence-corrected chi connectivity index (χ2v) is 4.95. The molecule has 5 heteroatoms. The van der Waals surface area contributed by atoms with Gasteiger partial charge in [0.05, 0.1) is 19.0 Å². The molecule has 0 atom stereocenters. The average Bonchev–Trinajstić information content (AvgIpc) is 2.79. The monoisotopic (exact) mass is 274 g/mol. The summed E-state index contributed by atoms with van der Waals surface area (Å²) in [5.41, 5.74) is 2.59. The van der Waals surface area contributed by atoms with E-state index >= 15 is 0 Å². The van der Waals surface area contributed by atoms with Gasteiger partial charge in [0.25, 0.3) is 0 Å². The second-order valence-electron chi connectivity index (χ2n) is 4.95. The van der Waals surface area contributed by atoms with Gasteiger partial charge in [0.2, 0.25) is 0 Å². The Morgan fingerprint density at radius 2 is 2.10 bits per heavy atom. The number of benzene rings is 1. The summed E-state index contributed by atoms with van der Waals surface area (Å²) in [5.74, 6) is 0.0359. The van der Waals surface area contributed by atoms with Crippen molar-refractivity contribution in [1.29, 1.82) is 0 Å². The summed E-state index contributed by atoms with van der Waals surface area (Å²) in [7, 11) is 3.30. The number of methoxy groups -OCH3 is 1. The van der Waals surface area contributed by atoms with Gasteiger partial charge in [-0.1, -0.05) is 19.9 Å². The first kappa shape index (κ1) is 14.1. The van der Waals surface area contributed by atoms with Crippen molar-refractivity contribution in [2.24, 2.45) is 7.05 Å². The van der Waals surface area contributed by atoms with E-state index < -0.39 is 5.97 Å². The van der Waals surface area contributed by atoms with Gasteiger partial charge < -0.3 is 9.84 Å². The summed E-state index contributed by atoms with van der Waals surface area (Å²) in [6.45, 7) is 4.20. The number of aryl methyl sites for hydroxylation is 1. The SMILES string of the molecule is COc1cc(C(C)C)ccc1-c1c(C(=O)O)cnn1C. The Bertz CT molecular complexity index is 645. The molecule has 2 rings (SSSR count). The molecule has 0 aliphatic carbocycles. The number of hydrogen-bond donors (Lipinski definition) is 1. The van der Waals surface area contributed by atoms with Crippen LogP contribution in [0.5, 0.6) is 5.75 Å². The van der Waals surface area contributed by atoms with Crippen molar-refractivity contribution in [2.75, 3.05) is 7.11 Å². The largest absolute Gasteiger partial charge is 0.496 e. The van der Waals surface area contributed by atoms with Crippen LogP contribution in [0.1, 0.15) is 35.7 Å². The molecule has 1 heterocycles. The van der Waals surface area contributed by atoms with Gasteiger partial charge in [-0.05, 0) is 23.6 Å². The maximum absolute atomic E-state index is 11.3. The van der Waals surface area contributed by atoms with Crippen molar-refractivity contribution in [2.45, 2.75) is 19.8 Å². The molecular weight excluding hydrogens is 256 g/mol. The van der Waals surface area contributed by atoms with Crippen LogP contribution in [0.15, 0.2) is 24.4 Å². The molecule has 0 fully saturated rings. The molecule has 1 aromatic heterocycles. The molecule has 0 saturated carbocycles. The molecule has 0 amide bonds. The first-order chi connectivity index (χ1) is 9.45. The summed E-state index contributed by atoms with van der Waals surface area (Å²) in [5, 5.41) is 13.3. The first-order valence-electron chi connectivity index (χ1n) is 6.39. The molecule has 0 aliphatic rings. The van der Waals surface area contributed by atoms with E-state index in [0.29, 0.717) is 17.4 Å². The standard InChI is InChI=1S/C15H18N2O3/c1-9(2)10-5-6-11(13(7-10)20-4)14-12(15(18)19)8-16-17(14)3/h5-9H,1-4H3,(H,18,19). The second kappa shape index (κ2) is 5.36. The van der Waals surface area contributed by atoms with Crippen molar-refractivity contribution in [3.63, 3.8) is 0 Å². The lowest BCUT2D eigenvalue weighted by molar-refractivity contribution is 0.0697. The molecule has 1 aromatic carbocycles. The Hall–Kier alpha value is -2.30. The minimum absolute atomic E-state index is 0.170. The highest BCUT2D eigenvalue weighted by Gasteiger charge is 2.20. The Kier molecular flexibility index (Phi) is 3.79. The normalized spacial score (nSPS) is 10.8. The Morgan fingerprint density at radius 3 is 2.65 bits per heavy atom. The van der Waals surface area contributed by atoms with Crippen molar-refractivity contribution in [3.8, 4) is 17.0 Å². The molecule has 2 aromatic rings. The zero-order valence-corrected chi connectivity index (χ0v) is 12.0. The predicted molar refractivity (Wildman–Crippen MR) is 76.2 cm³/mol. The third-order valence-corrected chi connectivity index (χ3v) is 3.32. The highest BCUT2D eigenvalue weighted by molar-refractivity contribution is 5.95. The fraction of sp³-hybridized carbons (Fsp3) is 0.333. The zero-order valence-electron chi connectivity index (χ0n) is 12.0. The Labute approximate surface area is 117 Å². The van der Waals surface area contributed by atoms with Crippen LogP contribution in [0.3, 0.4) is 0 Å². The van der Waals surface area contributed by atoms with Crippen LogP contribution in [0.4, 0.5) is 0 Å². The lowest BCUT2D eigenvalue weighted by Crippen LogP contribution is -2.02. The van der Waals surface area contributed by atoms with Crippen LogP contribution in [0.25, 0.3) is 11.3 Å². The van der Waals surface area contributed by atoms with E-state index in [0.717, 1.165) is 11.1 Å². The van der Waals surface area contributed by atoms with Crippen molar-refractivity contribution >= 4 is 5.97 Å². The smallest absolute Gasteiger partial charge is 0.339 e. The van der Waals surface area contributed by atoms with Gasteiger partial charge in [-0.15, -0.1) is 0 Å². The van der Waals surface area contributed by atoms with E-state index in [2.05, 4.69) is 18.9 Å². The van der Waals surface area contributed by atoms with E-state index in [1.54, 1.807) is 18.8 Å². The zero-order chi connectivity index (χ0) is 14.9. The lowest BCUT2D eigenvalue weighted by atomic mass is 9.98. The fourth-order valence-corrected chi connectivity index (χ4v) is 2.18. The number of aromatic nitrogens is 2. The number of nitrogens with zero attached hydrogens (tertiary/aromatic N) is 2. The van der Waals surface area contributed by atoms with Crippen molar-refractivity contribution in [1.82, 2.24) is 9.78 Å². The van der Waals surface area contributed by atoms with Gasteiger partial charge in [0, 0.05) is 12.6 Å². The molecule has 0 bridgehead atoms. The van der Waals surface area contributed by atoms with Gasteiger partial charge in [0.15, 0.2) is 0 Å². The highest BCUT2D eigenvalue weighted by Crippen LogP contribution is 2.34. The molecule has 0 aliphatic heterocycles. The maximum Gasteiger partial charge on any atom is 0.339 e. The summed E-state index contributed by atoms with van der Waals surface area (Å²) in [6.07, 6.45) is 1.35. The quantitative estimate of drug-likeness (QED) is 0.931. The number of hydrogen-bond acceptors (Lipinski definition) is 3. The number of aromatic carboxylic acids is 1. The minimum atomic E-state index is -0.997. The Morgan fingerprint density at radius 1 is 1.40 bits per heavy atom. The van der Waals surface area contributed by atoms with Crippen molar-refractivity contribution in [3.05, 3.63) is 35.5 Å². The van der Waals surface area contributed by atoms with Gasteiger partial charge in [-0.2, -0.15) is 5.10 Å². The number of carboxylic acid groups (broad SMARTS) is 1. The van der Waals surface area contributed by atoms with E-state index in [1.165, 1.54) is 6.20 Å². The van der Waals surface area contributed by atoms with E-state index in [4.69, 9.17) is 4.74 Å². The minimum Gasteiger partial charge on any atom is -0.496 e. The molecule has 0 unspecified atom stereocenters. The van der Waals surface area contributed by atoms with Crippen LogP contribution < -0.4 is 4.74 Å². The third-order valence-electron chi connectivity index (χ3n) is 3.32. The van der Waals surface area contributed by atoms with E-state index in [1.807, 2.05) is 18.2 Å². The summed E-state index contributed by atoms with van der Waals surface area (Å²) in [4.78, 5) is 11.3. The third kappa shape index (κ3) is 2.39. The van der Waals surface area contributed by atoms with E-state index in [9.17, 15) is 9.90 Å². The summed E-state index contributed by atoms with van der Waals surface area (Å²) in [6, 6.07) is 5.82. The molecule has 0 radical (unpaired) electrons. The molecule has 5 nitrogen and oxygen atoms in total. The topological polar surface area (TPSA) is 64.3 Å². The molecule has 106 valence electrons. The molecule has 1 N–H and O–H groups in total. The average molecular weight is 274 g/mol. The number of carbonyl (C=O) groups is 1. The van der Waals surface area contributed by atoms with Gasteiger partial charge in [0.1, 0.15) is 11.3 Å². The molecule has 0 spiro atoms. The van der Waals surface area contributed by atoms with E-state index in [-0.39, 0.29) is 5.56 Å². The highest BCUT2D eigenvalue weighted by atomic mass is 16.5. The maximum atomic E-state index is 11.3. The van der Waals surface area contributed by atoms with Crippen LogP contribution in [0.2, 0.25) is 0 Å². The van der Waals surface area contributed by atoms with Crippen LogP contribution >= 0.6 is 0 Å². The number of carboxylic acids is 1. The predicted octanol–water partition coefficient (Wildman–Crippen LogP) is 2.92. The first-order valence-corrected chi connectivity index (χ1v) is 6.39. The lowest BCUT2D eigenvalue weighted by Gasteiger charge is -2.13. The van der Waals surface area contributed by atoms with Gasteiger partial charge in [-0.3, -0.25) is 4.68 Å². The number of rotatable bonds is 4. The van der Waals surface area contributed by atoms with Gasteiger partial charge in [-0.25, -0.2) is 4.79 Å². The Balaban J connectivity index is 2.64. The fourth-order valence-electron chi connectivity index (χ4n) is 2.18. The molecule has 20 heavy (non-hydrogen) atoms. The molecule has 0 saturated heterocycles. The molecular formula is C15H18N2O3. The summed E-state index contributed by atoms with van der Waals surface area (Å²) >= 11 is 0. The van der Waals surface area contributed by atoms with Crippen molar-refractivity contribution < 1.29 is 14.6 Å².